The number of carbonyl (C=O) groups excluding carboxylic acids is 1. The lowest BCUT2D eigenvalue weighted by Gasteiger charge is -2.28. The molecule has 0 unspecified atom stereocenters. The molecule has 3 heterocycles. The fourth-order valence-electron chi connectivity index (χ4n) is 2.98. The van der Waals surface area contributed by atoms with Gasteiger partial charge in [0.1, 0.15) is 0 Å². The van der Waals surface area contributed by atoms with Crippen molar-refractivity contribution in [2.75, 3.05) is 19.9 Å². The van der Waals surface area contributed by atoms with Gasteiger partial charge in [-0.2, -0.15) is 0 Å². The average Bonchev–Trinajstić information content (AvgIpc) is 3.30. The van der Waals surface area contributed by atoms with Crippen LogP contribution in [0.5, 0.6) is 11.5 Å². The van der Waals surface area contributed by atoms with Crippen molar-refractivity contribution in [1.29, 1.82) is 0 Å². The minimum atomic E-state index is -0.247. The second-order valence-electron chi connectivity index (χ2n) is 6.09. The summed E-state index contributed by atoms with van der Waals surface area (Å²) in [7, 11) is 0. The lowest BCUT2D eigenvalue weighted by Crippen LogP contribution is -2.40. The van der Waals surface area contributed by atoms with Gasteiger partial charge in [-0.15, -0.1) is 10.2 Å². The number of benzene rings is 1. The minimum Gasteiger partial charge on any atom is -0.454 e. The molecule has 0 saturated carbocycles. The molecule has 1 aromatic carbocycles. The Hall–Kier alpha value is -2.22. The van der Waals surface area contributed by atoms with Crippen molar-refractivity contribution in [2.45, 2.75) is 36.7 Å². The summed E-state index contributed by atoms with van der Waals surface area (Å²) < 4.78 is 16.4. The van der Waals surface area contributed by atoms with Crippen LogP contribution in [0.3, 0.4) is 0 Å². The van der Waals surface area contributed by atoms with E-state index >= 15 is 0 Å². The first-order valence-corrected chi connectivity index (χ1v) is 9.27. The highest BCUT2D eigenvalue weighted by molar-refractivity contribution is 8.00. The fourth-order valence-corrected chi connectivity index (χ4v) is 3.74. The van der Waals surface area contributed by atoms with Gasteiger partial charge in [0.2, 0.25) is 18.6 Å². The van der Waals surface area contributed by atoms with Crippen LogP contribution in [0, 0.1) is 0 Å². The molecule has 4 rings (SSSR count). The second kappa shape index (κ2) is 6.95. The molecule has 0 bridgehead atoms. The van der Waals surface area contributed by atoms with Crippen LogP contribution in [0.15, 0.2) is 27.8 Å². The lowest BCUT2D eigenvalue weighted by atomic mass is 10.1. The molecule has 1 amide bonds. The van der Waals surface area contributed by atoms with Gasteiger partial charge in [-0.05, 0) is 44.4 Å². The van der Waals surface area contributed by atoms with Gasteiger partial charge in [-0.25, -0.2) is 0 Å². The first kappa shape index (κ1) is 16.3. The molecule has 2 aliphatic rings. The number of nitrogens with zero attached hydrogens (tertiary/aromatic N) is 3. The summed E-state index contributed by atoms with van der Waals surface area (Å²) in [6, 6.07) is 5.47. The monoisotopic (exact) mass is 361 g/mol. The van der Waals surface area contributed by atoms with E-state index in [-0.39, 0.29) is 18.0 Å². The van der Waals surface area contributed by atoms with Crippen LogP contribution in [0.1, 0.15) is 26.2 Å². The van der Waals surface area contributed by atoms with Gasteiger partial charge in [0.05, 0.1) is 5.25 Å². The quantitative estimate of drug-likeness (QED) is 0.775. The van der Waals surface area contributed by atoms with E-state index in [0.29, 0.717) is 22.6 Å². The summed E-state index contributed by atoms with van der Waals surface area (Å²) in [5.41, 5.74) is 0.763. The van der Waals surface area contributed by atoms with E-state index in [1.54, 1.807) is 0 Å². The van der Waals surface area contributed by atoms with Gasteiger partial charge in [0, 0.05) is 18.7 Å². The minimum absolute atomic E-state index is 0.132. The van der Waals surface area contributed by atoms with Crippen LogP contribution in [0.4, 0.5) is 0 Å². The Morgan fingerprint density at radius 2 is 1.96 bits per heavy atom. The smallest absolute Gasteiger partial charge is 0.277 e. The molecule has 0 radical (unpaired) electrons. The molecule has 1 saturated heterocycles. The SMILES string of the molecule is C[C@@H](Sc1nnc(-c2ccc3c(c2)OCO3)o1)C(=O)N1CCCCC1. The molecular weight excluding hydrogens is 342 g/mol. The van der Waals surface area contributed by atoms with Gasteiger partial charge >= 0.3 is 0 Å². The molecule has 1 atom stereocenters. The number of rotatable bonds is 4. The number of piperidine rings is 1. The predicted octanol–water partition coefficient (Wildman–Crippen LogP) is 2.96. The zero-order valence-electron chi connectivity index (χ0n) is 13.9. The van der Waals surface area contributed by atoms with Crippen molar-refractivity contribution in [3.05, 3.63) is 18.2 Å². The third-order valence-corrected chi connectivity index (χ3v) is 5.24. The van der Waals surface area contributed by atoms with Crippen molar-refractivity contribution < 1.29 is 18.7 Å². The summed E-state index contributed by atoms with van der Waals surface area (Å²) in [5.74, 6) is 1.91. The number of hydrogen-bond acceptors (Lipinski definition) is 7. The molecule has 1 aromatic heterocycles. The Morgan fingerprint density at radius 3 is 2.80 bits per heavy atom. The van der Waals surface area contributed by atoms with Gasteiger partial charge < -0.3 is 18.8 Å². The Kier molecular flexibility index (Phi) is 4.52. The molecule has 132 valence electrons. The highest BCUT2D eigenvalue weighted by Crippen LogP contribution is 2.36. The molecule has 2 aliphatic heterocycles. The summed E-state index contributed by atoms with van der Waals surface area (Å²) in [5, 5.41) is 8.28. The van der Waals surface area contributed by atoms with Crippen LogP contribution in [0.2, 0.25) is 0 Å². The van der Waals surface area contributed by atoms with E-state index in [4.69, 9.17) is 13.9 Å². The van der Waals surface area contributed by atoms with Crippen molar-refractivity contribution in [3.8, 4) is 23.0 Å². The van der Waals surface area contributed by atoms with Crippen molar-refractivity contribution >= 4 is 17.7 Å². The Bertz CT molecular complexity index is 773. The molecule has 1 fully saturated rings. The summed E-state index contributed by atoms with van der Waals surface area (Å²) in [6.07, 6.45) is 3.36. The summed E-state index contributed by atoms with van der Waals surface area (Å²) >= 11 is 1.30. The lowest BCUT2D eigenvalue weighted by molar-refractivity contribution is -0.131. The number of aromatic nitrogens is 2. The van der Waals surface area contributed by atoms with E-state index in [0.717, 1.165) is 31.5 Å². The van der Waals surface area contributed by atoms with Crippen molar-refractivity contribution in [2.24, 2.45) is 0 Å². The third-order valence-electron chi connectivity index (χ3n) is 4.32. The largest absolute Gasteiger partial charge is 0.454 e. The standard InChI is InChI=1S/C17H19N3O4S/c1-11(16(21)20-7-3-2-4-8-20)25-17-19-18-15(24-17)12-5-6-13-14(9-12)23-10-22-13/h5-6,9,11H,2-4,7-8,10H2,1H3/t11-/m1/s1. The first-order chi connectivity index (χ1) is 12.2. The molecule has 2 aromatic rings. The van der Waals surface area contributed by atoms with Crippen LogP contribution >= 0.6 is 11.8 Å². The fraction of sp³-hybridized carbons (Fsp3) is 0.471. The maximum atomic E-state index is 12.5. The van der Waals surface area contributed by atoms with Gasteiger partial charge in [0.15, 0.2) is 11.5 Å². The maximum absolute atomic E-state index is 12.5. The van der Waals surface area contributed by atoms with Crippen LogP contribution in [0.25, 0.3) is 11.5 Å². The third kappa shape index (κ3) is 3.44. The summed E-state index contributed by atoms with van der Waals surface area (Å²) in [4.78, 5) is 14.4. The Labute approximate surface area is 149 Å². The number of fused-ring (bicyclic) bond motifs is 1. The highest BCUT2D eigenvalue weighted by atomic mass is 32.2. The molecule has 7 nitrogen and oxygen atoms in total. The first-order valence-electron chi connectivity index (χ1n) is 8.40. The van der Waals surface area contributed by atoms with Gasteiger partial charge in [0.25, 0.3) is 5.22 Å². The van der Waals surface area contributed by atoms with Crippen LogP contribution < -0.4 is 9.47 Å². The second-order valence-corrected chi connectivity index (χ2v) is 7.38. The molecule has 0 spiro atoms. The summed E-state index contributed by atoms with van der Waals surface area (Å²) in [6.45, 7) is 3.79. The average molecular weight is 361 g/mol. The number of hydrogen-bond donors (Lipinski definition) is 0. The zero-order chi connectivity index (χ0) is 17.2. The van der Waals surface area contributed by atoms with Crippen molar-refractivity contribution in [3.63, 3.8) is 0 Å². The molecule has 0 aliphatic carbocycles. The number of likely N-dealkylation sites (tertiary alicyclic amines) is 1. The topological polar surface area (TPSA) is 77.7 Å². The van der Waals surface area contributed by atoms with E-state index in [9.17, 15) is 4.79 Å². The van der Waals surface area contributed by atoms with Crippen LogP contribution in [-0.4, -0.2) is 46.1 Å². The maximum Gasteiger partial charge on any atom is 0.277 e. The molecule has 25 heavy (non-hydrogen) atoms. The van der Waals surface area contributed by atoms with E-state index in [2.05, 4.69) is 10.2 Å². The number of thioether (sulfide) groups is 1. The van der Waals surface area contributed by atoms with E-state index in [1.807, 2.05) is 30.0 Å². The Morgan fingerprint density at radius 1 is 1.16 bits per heavy atom. The number of amides is 1. The van der Waals surface area contributed by atoms with Crippen molar-refractivity contribution in [1.82, 2.24) is 15.1 Å². The van der Waals surface area contributed by atoms with Gasteiger partial charge in [-0.3, -0.25) is 4.79 Å². The Balaban J connectivity index is 1.43. The van der Waals surface area contributed by atoms with E-state index in [1.165, 1.54) is 18.2 Å². The predicted molar refractivity (Wildman–Crippen MR) is 91.6 cm³/mol. The normalized spacial score (nSPS) is 17.6. The van der Waals surface area contributed by atoms with E-state index < -0.39 is 0 Å². The number of ether oxygens (including phenoxy) is 2. The highest BCUT2D eigenvalue weighted by Gasteiger charge is 2.25. The number of carbonyl (C=O) groups is 1. The molecule has 0 N–H and O–H groups in total. The zero-order valence-corrected chi connectivity index (χ0v) is 14.8. The van der Waals surface area contributed by atoms with Crippen LogP contribution in [-0.2, 0) is 4.79 Å². The molecule has 8 heteroatoms. The molecular formula is C17H19N3O4S. The van der Waals surface area contributed by atoms with Gasteiger partial charge in [-0.1, -0.05) is 11.8 Å².